The van der Waals surface area contributed by atoms with Crippen molar-refractivity contribution in [2.24, 2.45) is 0 Å². The molecule has 0 aromatic carbocycles. The van der Waals surface area contributed by atoms with E-state index in [1.165, 1.54) is 51.4 Å². The van der Waals surface area contributed by atoms with E-state index in [9.17, 15) is 9.59 Å². The molecule has 0 spiro atoms. The van der Waals surface area contributed by atoms with Gasteiger partial charge >= 0.3 is 5.97 Å². The number of rotatable bonds is 13. The second-order valence-electron chi connectivity index (χ2n) is 6.40. The number of amides is 1. The highest BCUT2D eigenvalue weighted by atomic mass is 16.5. The molecule has 1 saturated heterocycles. The molecule has 0 radical (unpaired) electrons. The van der Waals surface area contributed by atoms with Crippen molar-refractivity contribution in [1.29, 1.82) is 0 Å². The number of esters is 1. The first-order valence-corrected chi connectivity index (χ1v) is 9.40. The third-order valence-corrected chi connectivity index (χ3v) is 4.26. The molecular formula is C18H34N2O3. The normalized spacial score (nSPS) is 17.8. The Balaban J connectivity index is 1.86. The predicted octanol–water partition coefficient (Wildman–Crippen LogP) is 2.93. The fourth-order valence-corrected chi connectivity index (χ4v) is 2.81. The zero-order chi connectivity index (χ0) is 16.8. The van der Waals surface area contributed by atoms with Gasteiger partial charge in [0.05, 0.1) is 19.1 Å². The van der Waals surface area contributed by atoms with Crippen LogP contribution in [0.4, 0.5) is 0 Å². The van der Waals surface area contributed by atoms with Crippen LogP contribution in [0.25, 0.3) is 0 Å². The first kappa shape index (κ1) is 19.9. The maximum absolute atomic E-state index is 11.7. The Morgan fingerprint density at radius 3 is 2.22 bits per heavy atom. The SMILES string of the molecule is CCCCCCCCCCCCOC(=O)C[C@@H]1NCCNC1=O. The van der Waals surface area contributed by atoms with E-state index in [0.29, 0.717) is 19.7 Å². The van der Waals surface area contributed by atoms with Gasteiger partial charge in [-0.25, -0.2) is 0 Å². The third-order valence-electron chi connectivity index (χ3n) is 4.26. The van der Waals surface area contributed by atoms with Crippen molar-refractivity contribution < 1.29 is 14.3 Å². The van der Waals surface area contributed by atoms with Gasteiger partial charge in [0.25, 0.3) is 0 Å². The van der Waals surface area contributed by atoms with E-state index in [4.69, 9.17) is 4.74 Å². The van der Waals surface area contributed by atoms with Crippen molar-refractivity contribution >= 4 is 11.9 Å². The van der Waals surface area contributed by atoms with E-state index in [2.05, 4.69) is 17.6 Å². The Hall–Kier alpha value is -1.10. The van der Waals surface area contributed by atoms with Crippen LogP contribution in [0.15, 0.2) is 0 Å². The van der Waals surface area contributed by atoms with Crippen LogP contribution in [0.1, 0.15) is 77.6 Å². The maximum atomic E-state index is 11.7. The number of nitrogens with one attached hydrogen (secondary N) is 2. The molecule has 2 N–H and O–H groups in total. The number of carbonyl (C=O) groups is 2. The standard InChI is InChI=1S/C18H34N2O3/c1-2-3-4-5-6-7-8-9-10-11-14-23-17(21)15-16-18(22)20-13-12-19-16/h16,19H,2-15H2,1H3,(H,20,22)/t16-/m0/s1. The molecule has 1 atom stereocenters. The molecule has 5 heteroatoms. The number of carbonyl (C=O) groups excluding carboxylic acids is 2. The molecular weight excluding hydrogens is 292 g/mol. The van der Waals surface area contributed by atoms with Gasteiger partial charge in [0.1, 0.15) is 0 Å². The van der Waals surface area contributed by atoms with Crippen molar-refractivity contribution in [2.45, 2.75) is 83.6 Å². The van der Waals surface area contributed by atoms with E-state index >= 15 is 0 Å². The fourth-order valence-electron chi connectivity index (χ4n) is 2.81. The monoisotopic (exact) mass is 326 g/mol. The lowest BCUT2D eigenvalue weighted by Gasteiger charge is -2.22. The van der Waals surface area contributed by atoms with E-state index in [1.54, 1.807) is 0 Å². The maximum Gasteiger partial charge on any atom is 0.307 e. The molecule has 23 heavy (non-hydrogen) atoms. The number of ether oxygens (including phenoxy) is 1. The summed E-state index contributed by atoms with van der Waals surface area (Å²) in [5, 5.41) is 5.77. The van der Waals surface area contributed by atoms with Gasteiger partial charge in [-0.05, 0) is 6.42 Å². The minimum Gasteiger partial charge on any atom is -0.466 e. The summed E-state index contributed by atoms with van der Waals surface area (Å²) in [6, 6.07) is -0.427. The largest absolute Gasteiger partial charge is 0.466 e. The Kier molecular flexibility index (Phi) is 11.6. The van der Waals surface area contributed by atoms with Gasteiger partial charge in [-0.2, -0.15) is 0 Å². The average Bonchev–Trinajstić information content (AvgIpc) is 2.55. The second kappa shape index (κ2) is 13.3. The first-order chi connectivity index (χ1) is 11.2. The molecule has 1 amide bonds. The van der Waals surface area contributed by atoms with Gasteiger partial charge < -0.3 is 15.4 Å². The molecule has 5 nitrogen and oxygen atoms in total. The van der Waals surface area contributed by atoms with Crippen LogP contribution >= 0.6 is 0 Å². The predicted molar refractivity (Wildman–Crippen MR) is 92.2 cm³/mol. The summed E-state index contributed by atoms with van der Waals surface area (Å²) in [6.07, 6.45) is 12.8. The van der Waals surface area contributed by atoms with Gasteiger partial charge in [0.2, 0.25) is 5.91 Å². The van der Waals surface area contributed by atoms with Crippen LogP contribution in [0.3, 0.4) is 0 Å². The van der Waals surface area contributed by atoms with E-state index in [1.807, 2.05) is 0 Å². The molecule has 1 rings (SSSR count). The van der Waals surface area contributed by atoms with Crippen LogP contribution in [0.2, 0.25) is 0 Å². The molecule has 0 saturated carbocycles. The molecule has 0 bridgehead atoms. The van der Waals surface area contributed by atoms with E-state index in [-0.39, 0.29) is 18.3 Å². The lowest BCUT2D eigenvalue weighted by molar-refractivity contribution is -0.146. The number of hydrogen-bond acceptors (Lipinski definition) is 4. The van der Waals surface area contributed by atoms with Crippen molar-refractivity contribution in [1.82, 2.24) is 10.6 Å². The molecule has 0 aromatic rings. The molecule has 134 valence electrons. The molecule has 1 fully saturated rings. The highest BCUT2D eigenvalue weighted by molar-refractivity contribution is 5.87. The lowest BCUT2D eigenvalue weighted by atomic mass is 10.1. The van der Waals surface area contributed by atoms with Crippen molar-refractivity contribution in [3.8, 4) is 0 Å². The highest BCUT2D eigenvalue weighted by Crippen LogP contribution is 2.10. The summed E-state index contributed by atoms with van der Waals surface area (Å²) < 4.78 is 5.21. The highest BCUT2D eigenvalue weighted by Gasteiger charge is 2.24. The van der Waals surface area contributed by atoms with Gasteiger partial charge in [-0.15, -0.1) is 0 Å². The van der Waals surface area contributed by atoms with Crippen molar-refractivity contribution in [3.05, 3.63) is 0 Å². The Morgan fingerprint density at radius 1 is 1.00 bits per heavy atom. The second-order valence-corrected chi connectivity index (χ2v) is 6.40. The Labute approximate surface area is 140 Å². The Morgan fingerprint density at radius 2 is 1.61 bits per heavy atom. The summed E-state index contributed by atoms with van der Waals surface area (Å²) >= 11 is 0. The van der Waals surface area contributed by atoms with E-state index in [0.717, 1.165) is 12.8 Å². The molecule has 0 aliphatic carbocycles. The van der Waals surface area contributed by atoms with E-state index < -0.39 is 6.04 Å². The van der Waals surface area contributed by atoms with Crippen LogP contribution in [0, 0.1) is 0 Å². The summed E-state index contributed by atoms with van der Waals surface area (Å²) in [7, 11) is 0. The van der Waals surface area contributed by atoms with Gasteiger partial charge in [0, 0.05) is 13.1 Å². The van der Waals surface area contributed by atoms with Crippen LogP contribution in [0.5, 0.6) is 0 Å². The molecule has 1 heterocycles. The van der Waals surface area contributed by atoms with Crippen LogP contribution < -0.4 is 10.6 Å². The molecule has 0 aromatic heterocycles. The average molecular weight is 326 g/mol. The van der Waals surface area contributed by atoms with Gasteiger partial charge in [-0.1, -0.05) is 64.7 Å². The number of piperazine rings is 1. The fraction of sp³-hybridized carbons (Fsp3) is 0.889. The number of hydrogen-bond donors (Lipinski definition) is 2. The first-order valence-electron chi connectivity index (χ1n) is 9.40. The molecule has 1 aliphatic heterocycles. The van der Waals surface area contributed by atoms with Crippen molar-refractivity contribution in [3.63, 3.8) is 0 Å². The zero-order valence-electron chi connectivity index (χ0n) is 14.7. The molecule has 0 unspecified atom stereocenters. The lowest BCUT2D eigenvalue weighted by Crippen LogP contribution is -2.53. The van der Waals surface area contributed by atoms with Crippen LogP contribution in [-0.2, 0) is 14.3 Å². The summed E-state index contributed by atoms with van der Waals surface area (Å²) in [5.41, 5.74) is 0. The minimum absolute atomic E-state index is 0.105. The van der Waals surface area contributed by atoms with Crippen molar-refractivity contribution in [2.75, 3.05) is 19.7 Å². The smallest absolute Gasteiger partial charge is 0.307 e. The summed E-state index contributed by atoms with van der Waals surface area (Å²) in [6.45, 7) is 4.06. The quantitative estimate of drug-likeness (QED) is 0.403. The third kappa shape index (κ3) is 10.3. The van der Waals surface area contributed by atoms with Crippen LogP contribution in [-0.4, -0.2) is 37.6 Å². The number of unbranched alkanes of at least 4 members (excludes halogenated alkanes) is 9. The Bertz CT molecular complexity index is 334. The summed E-state index contributed by atoms with van der Waals surface area (Å²) in [5.74, 6) is -0.386. The zero-order valence-corrected chi connectivity index (χ0v) is 14.7. The minimum atomic E-state index is -0.427. The van der Waals surface area contributed by atoms with Gasteiger partial charge in [-0.3, -0.25) is 9.59 Å². The topological polar surface area (TPSA) is 67.4 Å². The molecule has 1 aliphatic rings. The summed E-state index contributed by atoms with van der Waals surface area (Å²) in [4.78, 5) is 23.2. The van der Waals surface area contributed by atoms with Gasteiger partial charge in [0.15, 0.2) is 0 Å².